The van der Waals surface area contributed by atoms with Crippen LogP contribution in [0.3, 0.4) is 0 Å². The number of aliphatic imine (C=N–C) groups is 1. The van der Waals surface area contributed by atoms with Crippen LogP contribution in [0.15, 0.2) is 64.5 Å². The van der Waals surface area contributed by atoms with E-state index >= 15 is 0 Å². The minimum Gasteiger partial charge on any atom is -0.356 e. The third kappa shape index (κ3) is 6.20. The fraction of sp³-hybridized carbons (Fsp3) is 0.409. The normalized spacial score (nSPS) is 16.4. The van der Waals surface area contributed by atoms with Crippen molar-refractivity contribution in [3.63, 3.8) is 0 Å². The van der Waals surface area contributed by atoms with E-state index in [1.807, 2.05) is 30.3 Å². The SMILES string of the molecule is CN=C(NCCc1ccc(Cl)cc1)NCC1CCN(S(=O)(=O)c2ccccc2)CC1. The van der Waals surface area contributed by atoms with E-state index in [4.69, 9.17) is 11.6 Å². The van der Waals surface area contributed by atoms with Gasteiger partial charge in [0.1, 0.15) is 0 Å². The highest BCUT2D eigenvalue weighted by molar-refractivity contribution is 7.89. The maximum absolute atomic E-state index is 12.7. The van der Waals surface area contributed by atoms with Crippen LogP contribution in [0.25, 0.3) is 0 Å². The molecule has 2 N–H and O–H groups in total. The van der Waals surface area contributed by atoms with Crippen molar-refractivity contribution in [2.75, 3.05) is 33.2 Å². The lowest BCUT2D eigenvalue weighted by Gasteiger charge is -2.31. The van der Waals surface area contributed by atoms with Crippen LogP contribution in [0.1, 0.15) is 18.4 Å². The van der Waals surface area contributed by atoms with Crippen molar-refractivity contribution in [1.29, 1.82) is 0 Å². The zero-order valence-electron chi connectivity index (χ0n) is 17.2. The molecular formula is C22H29ClN4O2S. The smallest absolute Gasteiger partial charge is 0.243 e. The summed E-state index contributed by atoms with van der Waals surface area (Å²) in [4.78, 5) is 4.65. The molecule has 2 aromatic carbocycles. The highest BCUT2D eigenvalue weighted by Crippen LogP contribution is 2.23. The number of hydrogen-bond acceptors (Lipinski definition) is 3. The molecule has 2 aromatic rings. The maximum Gasteiger partial charge on any atom is 0.243 e. The van der Waals surface area contributed by atoms with Crippen molar-refractivity contribution in [2.24, 2.45) is 10.9 Å². The van der Waals surface area contributed by atoms with Crippen molar-refractivity contribution in [3.8, 4) is 0 Å². The lowest BCUT2D eigenvalue weighted by atomic mass is 9.98. The number of halogens is 1. The molecule has 1 fully saturated rings. The first-order chi connectivity index (χ1) is 14.5. The molecule has 162 valence electrons. The maximum atomic E-state index is 12.7. The number of hydrogen-bond donors (Lipinski definition) is 2. The van der Waals surface area contributed by atoms with Gasteiger partial charge in [-0.15, -0.1) is 0 Å². The standard InChI is InChI=1S/C22H29ClN4O2S/c1-24-22(25-14-11-18-7-9-20(23)10-8-18)26-17-19-12-15-27(16-13-19)30(28,29)21-5-3-2-4-6-21/h2-10,19H,11-17H2,1H3,(H2,24,25,26). The summed E-state index contributed by atoms with van der Waals surface area (Å²) in [6.07, 6.45) is 2.55. The van der Waals surface area contributed by atoms with Gasteiger partial charge >= 0.3 is 0 Å². The van der Waals surface area contributed by atoms with Crippen molar-refractivity contribution < 1.29 is 8.42 Å². The van der Waals surface area contributed by atoms with Gasteiger partial charge in [-0.25, -0.2) is 8.42 Å². The molecular weight excluding hydrogens is 420 g/mol. The van der Waals surface area contributed by atoms with Crippen LogP contribution in [0, 0.1) is 5.92 Å². The Labute approximate surface area is 184 Å². The molecule has 0 aromatic heterocycles. The van der Waals surface area contributed by atoms with Crippen LogP contribution < -0.4 is 10.6 Å². The third-order valence-corrected chi connectivity index (χ3v) is 7.52. The minimum absolute atomic E-state index is 0.367. The van der Waals surface area contributed by atoms with Gasteiger partial charge < -0.3 is 10.6 Å². The molecule has 1 aliphatic heterocycles. The van der Waals surface area contributed by atoms with E-state index in [9.17, 15) is 8.42 Å². The predicted molar refractivity (Wildman–Crippen MR) is 122 cm³/mol. The molecule has 1 heterocycles. The summed E-state index contributed by atoms with van der Waals surface area (Å²) < 4.78 is 27.1. The summed E-state index contributed by atoms with van der Waals surface area (Å²) in [6.45, 7) is 2.65. The predicted octanol–water partition coefficient (Wildman–Crippen LogP) is 3.15. The summed E-state index contributed by atoms with van der Waals surface area (Å²) in [5.41, 5.74) is 1.22. The van der Waals surface area contributed by atoms with Gasteiger partial charge in [0.2, 0.25) is 10.0 Å². The minimum atomic E-state index is -3.39. The number of nitrogens with one attached hydrogen (secondary N) is 2. The fourth-order valence-corrected chi connectivity index (χ4v) is 5.15. The first-order valence-corrected chi connectivity index (χ1v) is 12.0. The second-order valence-corrected chi connectivity index (χ2v) is 9.79. The summed E-state index contributed by atoms with van der Waals surface area (Å²) in [5, 5.41) is 7.44. The molecule has 1 aliphatic rings. The van der Waals surface area contributed by atoms with Crippen LogP contribution in [0.2, 0.25) is 5.02 Å². The average Bonchev–Trinajstić information content (AvgIpc) is 2.78. The molecule has 0 spiro atoms. The zero-order valence-corrected chi connectivity index (χ0v) is 18.8. The van der Waals surface area contributed by atoms with E-state index in [2.05, 4.69) is 15.6 Å². The van der Waals surface area contributed by atoms with Gasteiger partial charge in [0.05, 0.1) is 4.90 Å². The summed E-state index contributed by atoms with van der Waals surface area (Å²) >= 11 is 5.92. The van der Waals surface area contributed by atoms with Gasteiger partial charge in [0.25, 0.3) is 0 Å². The van der Waals surface area contributed by atoms with Gasteiger partial charge in [-0.3, -0.25) is 4.99 Å². The second-order valence-electron chi connectivity index (χ2n) is 7.42. The zero-order chi connectivity index (χ0) is 21.4. The molecule has 6 nitrogen and oxygen atoms in total. The number of guanidine groups is 1. The monoisotopic (exact) mass is 448 g/mol. The second kappa shape index (κ2) is 10.8. The van der Waals surface area contributed by atoms with E-state index in [0.717, 1.165) is 43.3 Å². The highest BCUT2D eigenvalue weighted by atomic mass is 35.5. The Morgan fingerprint density at radius 3 is 2.37 bits per heavy atom. The lowest BCUT2D eigenvalue weighted by molar-refractivity contribution is 0.273. The Bertz CT molecular complexity index is 925. The molecule has 3 rings (SSSR count). The van der Waals surface area contributed by atoms with Gasteiger partial charge in [-0.05, 0) is 55.0 Å². The molecule has 0 radical (unpaired) electrons. The van der Waals surface area contributed by atoms with Gasteiger partial charge in [0.15, 0.2) is 5.96 Å². The van der Waals surface area contributed by atoms with E-state index < -0.39 is 10.0 Å². The van der Waals surface area contributed by atoms with Crippen molar-refractivity contribution in [2.45, 2.75) is 24.2 Å². The van der Waals surface area contributed by atoms with Gasteiger partial charge in [-0.2, -0.15) is 4.31 Å². The van der Waals surface area contributed by atoms with Crippen molar-refractivity contribution in [3.05, 3.63) is 65.2 Å². The van der Waals surface area contributed by atoms with E-state index in [1.54, 1.807) is 35.6 Å². The summed E-state index contributed by atoms with van der Waals surface area (Å²) in [6, 6.07) is 16.5. The quantitative estimate of drug-likeness (QED) is 0.504. The van der Waals surface area contributed by atoms with Crippen molar-refractivity contribution >= 4 is 27.6 Å². The largest absolute Gasteiger partial charge is 0.356 e. The Balaban J connectivity index is 1.40. The molecule has 0 unspecified atom stereocenters. The van der Waals surface area contributed by atoms with Crippen LogP contribution in [0.4, 0.5) is 0 Å². The van der Waals surface area contributed by atoms with Gasteiger partial charge in [0, 0.05) is 38.2 Å². The molecule has 1 saturated heterocycles. The number of sulfonamides is 1. The fourth-order valence-electron chi connectivity index (χ4n) is 3.53. The van der Waals surface area contributed by atoms with Gasteiger partial charge in [-0.1, -0.05) is 41.9 Å². The van der Waals surface area contributed by atoms with E-state index in [-0.39, 0.29) is 0 Å². The molecule has 8 heteroatoms. The molecule has 0 atom stereocenters. The summed E-state index contributed by atoms with van der Waals surface area (Å²) in [5.74, 6) is 1.19. The number of benzene rings is 2. The van der Waals surface area contributed by atoms with E-state index in [1.165, 1.54) is 5.56 Å². The Morgan fingerprint density at radius 2 is 1.73 bits per heavy atom. The topological polar surface area (TPSA) is 73.8 Å². The van der Waals surface area contributed by atoms with Crippen LogP contribution in [-0.2, 0) is 16.4 Å². The third-order valence-electron chi connectivity index (χ3n) is 5.36. The first-order valence-electron chi connectivity index (χ1n) is 10.2. The first kappa shape index (κ1) is 22.6. The Morgan fingerprint density at radius 1 is 1.07 bits per heavy atom. The molecule has 0 amide bonds. The van der Waals surface area contributed by atoms with E-state index in [0.29, 0.717) is 23.9 Å². The molecule has 30 heavy (non-hydrogen) atoms. The number of piperidine rings is 1. The molecule has 0 saturated carbocycles. The Hall–Kier alpha value is -2.09. The van der Waals surface area contributed by atoms with Crippen LogP contribution in [0.5, 0.6) is 0 Å². The van der Waals surface area contributed by atoms with Crippen LogP contribution >= 0.6 is 11.6 Å². The number of rotatable bonds is 7. The summed E-state index contributed by atoms with van der Waals surface area (Å²) in [7, 11) is -1.64. The highest BCUT2D eigenvalue weighted by Gasteiger charge is 2.29. The molecule has 0 bridgehead atoms. The lowest BCUT2D eigenvalue weighted by Crippen LogP contribution is -2.44. The molecule has 0 aliphatic carbocycles. The van der Waals surface area contributed by atoms with Crippen molar-refractivity contribution in [1.82, 2.24) is 14.9 Å². The Kier molecular flexibility index (Phi) is 8.13. The van der Waals surface area contributed by atoms with Crippen LogP contribution in [-0.4, -0.2) is 51.9 Å². The average molecular weight is 449 g/mol. The number of nitrogens with zero attached hydrogens (tertiary/aromatic N) is 2.